The van der Waals surface area contributed by atoms with Crippen molar-refractivity contribution >= 4 is 18.0 Å². The molecule has 8 nitrogen and oxygen atoms in total. The van der Waals surface area contributed by atoms with Gasteiger partial charge in [-0.05, 0) is 69.2 Å². The highest BCUT2D eigenvalue weighted by Gasteiger charge is 2.35. The van der Waals surface area contributed by atoms with Gasteiger partial charge in [0.15, 0.2) is 6.10 Å². The van der Waals surface area contributed by atoms with Crippen LogP contribution in [0.5, 0.6) is 5.75 Å². The number of ether oxygens (including phenoxy) is 4. The summed E-state index contributed by atoms with van der Waals surface area (Å²) in [5, 5.41) is 0. The van der Waals surface area contributed by atoms with Gasteiger partial charge in [0, 0.05) is 7.05 Å². The van der Waals surface area contributed by atoms with Gasteiger partial charge in [-0.25, -0.2) is 14.4 Å². The van der Waals surface area contributed by atoms with Crippen molar-refractivity contribution in [1.82, 2.24) is 4.90 Å². The third kappa shape index (κ3) is 12.5. The lowest BCUT2D eigenvalue weighted by molar-refractivity contribution is -0.274. The number of hydrogen-bond donors (Lipinski definition) is 0. The zero-order valence-corrected chi connectivity index (χ0v) is 24.2. The average molecular weight is 582 g/mol. The quantitative estimate of drug-likeness (QED) is 0.210. The van der Waals surface area contributed by atoms with Crippen LogP contribution in [0.4, 0.5) is 18.0 Å². The third-order valence-corrected chi connectivity index (χ3v) is 5.71. The number of likely N-dealkylation sites (N-methyl/N-ethyl adjacent to an activating group) is 1. The monoisotopic (exact) mass is 581 g/mol. The second kappa shape index (κ2) is 14.7. The van der Waals surface area contributed by atoms with E-state index in [-0.39, 0.29) is 37.5 Å². The van der Waals surface area contributed by atoms with Gasteiger partial charge in [-0.15, -0.1) is 13.2 Å². The van der Waals surface area contributed by atoms with Crippen molar-refractivity contribution in [2.24, 2.45) is 5.92 Å². The topological polar surface area (TPSA) is 91.4 Å². The number of carbonyl (C=O) groups excluding carboxylic acids is 3. The molecule has 0 aliphatic rings. The van der Waals surface area contributed by atoms with E-state index >= 15 is 0 Å². The molecule has 0 aliphatic heterocycles. The normalized spacial score (nSPS) is 13.2. The van der Waals surface area contributed by atoms with Crippen molar-refractivity contribution in [3.05, 3.63) is 65.7 Å². The molecule has 2 atom stereocenters. The molecule has 0 bridgehead atoms. The Morgan fingerprint density at radius 1 is 0.878 bits per heavy atom. The molecule has 0 fully saturated rings. The minimum Gasteiger partial charge on any atom is -0.458 e. The van der Waals surface area contributed by atoms with Gasteiger partial charge in [0.1, 0.15) is 24.0 Å². The zero-order chi connectivity index (χ0) is 30.8. The maximum absolute atomic E-state index is 13.4. The number of nitrogens with zero attached hydrogens (tertiary/aromatic N) is 1. The molecule has 41 heavy (non-hydrogen) atoms. The highest BCUT2D eigenvalue weighted by atomic mass is 19.4. The second-order valence-corrected chi connectivity index (χ2v) is 11.0. The van der Waals surface area contributed by atoms with Crippen molar-refractivity contribution in [2.45, 2.75) is 84.6 Å². The van der Waals surface area contributed by atoms with Crippen LogP contribution in [0.15, 0.2) is 54.6 Å². The summed E-state index contributed by atoms with van der Waals surface area (Å²) in [6, 6.07) is 13.1. The van der Waals surface area contributed by atoms with Gasteiger partial charge in [-0.3, -0.25) is 4.90 Å². The van der Waals surface area contributed by atoms with Crippen molar-refractivity contribution < 1.29 is 46.5 Å². The lowest BCUT2D eigenvalue weighted by Crippen LogP contribution is -2.47. The highest BCUT2D eigenvalue weighted by molar-refractivity contribution is 5.84. The Kier molecular flexibility index (Phi) is 12.0. The van der Waals surface area contributed by atoms with Crippen LogP contribution in [0.1, 0.15) is 58.6 Å². The predicted molar refractivity (Wildman–Crippen MR) is 145 cm³/mol. The lowest BCUT2D eigenvalue weighted by atomic mass is 10.0. The highest BCUT2D eigenvalue weighted by Crippen LogP contribution is 2.24. The summed E-state index contributed by atoms with van der Waals surface area (Å²) in [5.74, 6) is -1.98. The van der Waals surface area contributed by atoms with E-state index in [1.54, 1.807) is 45.0 Å². The standard InChI is InChI=1S/C30H38F3NO7/c1-20(2)18-24(34(6)28(37)41-29(3,4)5)26(35)39-25(27(36)38-19-22-10-8-7-9-11-22)17-14-21-12-15-23(16-13-21)40-30(31,32)33/h7-13,15-16,20,24-25H,14,17-19H2,1-6H3/t24-,25+/m0/s1. The van der Waals surface area contributed by atoms with Crippen molar-refractivity contribution in [2.75, 3.05) is 7.05 Å². The molecule has 0 aliphatic carbocycles. The molecule has 0 spiro atoms. The molecular formula is C30H38F3NO7. The van der Waals surface area contributed by atoms with Crippen LogP contribution in [0.2, 0.25) is 0 Å². The number of esters is 2. The van der Waals surface area contributed by atoms with E-state index in [1.165, 1.54) is 19.2 Å². The summed E-state index contributed by atoms with van der Waals surface area (Å²) >= 11 is 0. The first kappa shape index (κ1) is 33.4. The number of hydrogen-bond acceptors (Lipinski definition) is 7. The first-order valence-corrected chi connectivity index (χ1v) is 13.3. The summed E-state index contributed by atoms with van der Waals surface area (Å²) < 4.78 is 57.8. The van der Waals surface area contributed by atoms with E-state index in [1.807, 2.05) is 19.9 Å². The van der Waals surface area contributed by atoms with E-state index in [0.29, 0.717) is 5.56 Å². The predicted octanol–water partition coefficient (Wildman–Crippen LogP) is 6.45. The maximum atomic E-state index is 13.4. The summed E-state index contributed by atoms with van der Waals surface area (Å²) in [6.07, 6.45) is -6.45. The van der Waals surface area contributed by atoms with Gasteiger partial charge >= 0.3 is 24.4 Å². The number of carbonyl (C=O) groups is 3. The molecule has 0 saturated carbocycles. The summed E-state index contributed by atoms with van der Waals surface area (Å²) in [6.45, 7) is 8.81. The summed E-state index contributed by atoms with van der Waals surface area (Å²) in [7, 11) is 1.43. The van der Waals surface area contributed by atoms with Crippen LogP contribution in [-0.4, -0.2) is 54.1 Å². The molecule has 1 amide bonds. The Morgan fingerprint density at radius 3 is 2.02 bits per heavy atom. The molecule has 0 radical (unpaired) electrons. The Balaban J connectivity index is 2.20. The molecule has 0 N–H and O–H groups in total. The van der Waals surface area contributed by atoms with Crippen molar-refractivity contribution in [1.29, 1.82) is 0 Å². The molecule has 2 rings (SSSR count). The molecule has 0 heterocycles. The van der Waals surface area contributed by atoms with Crippen LogP contribution in [0, 0.1) is 5.92 Å². The molecule has 0 aromatic heterocycles. The molecule has 2 aromatic carbocycles. The third-order valence-electron chi connectivity index (χ3n) is 5.71. The van der Waals surface area contributed by atoms with E-state index < -0.39 is 42.1 Å². The van der Waals surface area contributed by atoms with Gasteiger partial charge in [0.25, 0.3) is 0 Å². The molecular weight excluding hydrogens is 543 g/mol. The number of benzene rings is 2. The van der Waals surface area contributed by atoms with Crippen LogP contribution < -0.4 is 4.74 Å². The van der Waals surface area contributed by atoms with Gasteiger partial charge in [0.2, 0.25) is 0 Å². The van der Waals surface area contributed by atoms with E-state index in [9.17, 15) is 27.6 Å². The molecule has 0 saturated heterocycles. The SMILES string of the molecule is CC(C)C[C@@H](C(=O)O[C@H](CCc1ccc(OC(F)(F)F)cc1)C(=O)OCc1ccccc1)N(C)C(=O)OC(C)(C)C. The zero-order valence-electron chi connectivity index (χ0n) is 24.2. The van der Waals surface area contributed by atoms with Crippen molar-refractivity contribution in [3.8, 4) is 5.75 Å². The maximum Gasteiger partial charge on any atom is 0.573 e. The van der Waals surface area contributed by atoms with E-state index in [0.717, 1.165) is 22.6 Å². The number of amides is 1. The Hall–Kier alpha value is -3.76. The molecule has 0 unspecified atom stereocenters. The number of aryl methyl sites for hydroxylation is 1. The minimum absolute atomic E-state index is 0.00153. The molecule has 11 heteroatoms. The van der Waals surface area contributed by atoms with Crippen LogP contribution in [-0.2, 0) is 36.8 Å². The fourth-order valence-corrected chi connectivity index (χ4v) is 3.74. The Bertz CT molecular complexity index is 1130. The van der Waals surface area contributed by atoms with Crippen LogP contribution >= 0.6 is 0 Å². The number of halogens is 3. The Morgan fingerprint density at radius 2 is 1.49 bits per heavy atom. The van der Waals surface area contributed by atoms with Crippen molar-refractivity contribution in [3.63, 3.8) is 0 Å². The molecule has 226 valence electrons. The van der Waals surface area contributed by atoms with Crippen LogP contribution in [0.25, 0.3) is 0 Å². The minimum atomic E-state index is -4.82. The van der Waals surface area contributed by atoms with E-state index in [4.69, 9.17) is 14.2 Å². The second-order valence-electron chi connectivity index (χ2n) is 11.0. The number of alkyl halides is 3. The summed E-state index contributed by atoms with van der Waals surface area (Å²) in [4.78, 5) is 40.3. The van der Waals surface area contributed by atoms with Gasteiger partial charge in [0.05, 0.1) is 0 Å². The van der Waals surface area contributed by atoms with Crippen LogP contribution in [0.3, 0.4) is 0 Å². The fourth-order valence-electron chi connectivity index (χ4n) is 3.74. The Labute approximate surface area is 238 Å². The smallest absolute Gasteiger partial charge is 0.458 e. The van der Waals surface area contributed by atoms with Gasteiger partial charge in [-0.2, -0.15) is 0 Å². The van der Waals surface area contributed by atoms with Gasteiger partial charge in [-0.1, -0.05) is 56.3 Å². The average Bonchev–Trinajstić information content (AvgIpc) is 2.87. The first-order chi connectivity index (χ1) is 19.0. The largest absolute Gasteiger partial charge is 0.573 e. The first-order valence-electron chi connectivity index (χ1n) is 13.3. The number of rotatable bonds is 12. The van der Waals surface area contributed by atoms with Gasteiger partial charge < -0.3 is 18.9 Å². The molecule has 2 aromatic rings. The van der Waals surface area contributed by atoms with E-state index in [2.05, 4.69) is 4.74 Å². The fraction of sp³-hybridized carbons (Fsp3) is 0.500. The lowest BCUT2D eigenvalue weighted by Gasteiger charge is -2.31. The summed E-state index contributed by atoms with van der Waals surface area (Å²) in [5.41, 5.74) is 0.525.